The van der Waals surface area contributed by atoms with Gasteiger partial charge in [-0.2, -0.15) is 0 Å². The molecule has 6 heteroatoms. The van der Waals surface area contributed by atoms with Gasteiger partial charge in [-0.3, -0.25) is 9.69 Å². The van der Waals surface area contributed by atoms with E-state index in [1.54, 1.807) is 6.92 Å². The van der Waals surface area contributed by atoms with Gasteiger partial charge in [-0.05, 0) is 56.9 Å². The second-order valence-corrected chi connectivity index (χ2v) is 7.96. The zero-order valence-electron chi connectivity index (χ0n) is 17.6. The van der Waals surface area contributed by atoms with E-state index >= 15 is 0 Å². The predicted octanol–water partition coefficient (Wildman–Crippen LogP) is 3.13. The number of carbonyl (C=O) groups is 2. The number of ether oxygens (including phenoxy) is 1. The lowest BCUT2D eigenvalue weighted by Crippen LogP contribution is -2.42. The highest BCUT2D eigenvalue weighted by Gasteiger charge is 2.49. The highest BCUT2D eigenvalue weighted by atomic mass is 16.5. The van der Waals surface area contributed by atoms with E-state index in [4.69, 9.17) is 4.74 Å². The summed E-state index contributed by atoms with van der Waals surface area (Å²) in [6.07, 6.45) is -0.996. The number of aliphatic hydroxyl groups excluding tert-OH is 1. The molecule has 0 saturated carbocycles. The molecule has 0 unspecified atom stereocenters. The van der Waals surface area contributed by atoms with Crippen LogP contribution in [0.15, 0.2) is 36.4 Å². The average Bonchev–Trinajstić information content (AvgIpc) is 2.89. The monoisotopic (exact) mass is 396 g/mol. The van der Waals surface area contributed by atoms with Crippen LogP contribution in [0.5, 0.6) is 5.75 Å². The summed E-state index contributed by atoms with van der Waals surface area (Å²) in [5, 5.41) is 13.2. The van der Waals surface area contributed by atoms with Crippen LogP contribution in [0.3, 0.4) is 0 Å². The third-order valence-electron chi connectivity index (χ3n) is 5.59. The summed E-state index contributed by atoms with van der Waals surface area (Å²) < 4.78 is 5.82. The van der Waals surface area contributed by atoms with Crippen molar-refractivity contribution >= 4 is 11.9 Å². The number of nitrogens with zero attached hydrogens (tertiary/aromatic N) is 1. The molecular weight excluding hydrogens is 368 g/mol. The molecule has 3 amide bonds. The Morgan fingerprint density at radius 2 is 1.66 bits per heavy atom. The maximum absolute atomic E-state index is 13.0. The molecule has 2 N–H and O–H groups in total. The first-order valence-electron chi connectivity index (χ1n) is 9.72. The van der Waals surface area contributed by atoms with E-state index in [2.05, 4.69) is 5.32 Å². The van der Waals surface area contributed by atoms with Crippen molar-refractivity contribution < 1.29 is 19.4 Å². The van der Waals surface area contributed by atoms with Crippen LogP contribution >= 0.6 is 0 Å². The van der Waals surface area contributed by atoms with Crippen LogP contribution in [0.25, 0.3) is 0 Å². The Balaban J connectivity index is 1.69. The minimum Gasteiger partial charge on any atom is -0.490 e. The number of benzene rings is 2. The quantitative estimate of drug-likeness (QED) is 0.736. The van der Waals surface area contributed by atoms with Gasteiger partial charge in [0.1, 0.15) is 24.0 Å². The van der Waals surface area contributed by atoms with Crippen molar-refractivity contribution in [3.63, 3.8) is 0 Å². The van der Waals surface area contributed by atoms with E-state index in [1.807, 2.05) is 64.1 Å². The van der Waals surface area contributed by atoms with Crippen molar-refractivity contribution in [3.05, 3.63) is 64.2 Å². The molecule has 0 spiro atoms. The zero-order chi connectivity index (χ0) is 21.3. The summed E-state index contributed by atoms with van der Waals surface area (Å²) in [7, 11) is 0. The van der Waals surface area contributed by atoms with Crippen LogP contribution in [0.4, 0.5) is 4.79 Å². The highest BCUT2D eigenvalue weighted by Crippen LogP contribution is 2.29. The van der Waals surface area contributed by atoms with E-state index < -0.39 is 17.7 Å². The average molecular weight is 396 g/mol. The molecule has 0 bridgehead atoms. The molecule has 3 rings (SSSR count). The number of β-amino-alcohol motifs (C(OH)–C–C–N with tert-alkyl or cyclic N) is 1. The molecule has 1 saturated heterocycles. The van der Waals surface area contributed by atoms with Crippen LogP contribution < -0.4 is 10.1 Å². The summed E-state index contributed by atoms with van der Waals surface area (Å²) in [6.45, 7) is 9.41. The molecule has 1 fully saturated rings. The summed E-state index contributed by atoms with van der Waals surface area (Å²) in [5.41, 5.74) is 3.72. The highest BCUT2D eigenvalue weighted by molar-refractivity contribution is 6.07. The summed E-state index contributed by atoms with van der Waals surface area (Å²) in [5.74, 6) is 0.346. The number of aryl methyl sites for hydroxylation is 3. The molecule has 29 heavy (non-hydrogen) atoms. The lowest BCUT2D eigenvalue weighted by molar-refractivity contribution is -0.132. The molecule has 1 aliphatic heterocycles. The van der Waals surface area contributed by atoms with Crippen molar-refractivity contribution in [2.45, 2.75) is 46.3 Å². The predicted molar refractivity (Wildman–Crippen MR) is 111 cm³/mol. The molecule has 0 radical (unpaired) electrons. The lowest BCUT2D eigenvalue weighted by atomic mass is 9.91. The molecule has 6 nitrogen and oxygen atoms in total. The Hall–Kier alpha value is -2.86. The van der Waals surface area contributed by atoms with Crippen LogP contribution in [0.2, 0.25) is 0 Å². The smallest absolute Gasteiger partial charge is 0.325 e. The second-order valence-electron chi connectivity index (χ2n) is 7.96. The third-order valence-corrected chi connectivity index (χ3v) is 5.59. The molecular formula is C23H28N2O4. The molecule has 2 aromatic rings. The van der Waals surface area contributed by atoms with E-state index in [0.717, 1.165) is 32.9 Å². The van der Waals surface area contributed by atoms with Crippen LogP contribution in [0, 0.1) is 27.7 Å². The van der Waals surface area contributed by atoms with Crippen LogP contribution in [-0.2, 0) is 10.3 Å². The fraction of sp³-hybridized carbons (Fsp3) is 0.391. The third kappa shape index (κ3) is 3.98. The molecule has 1 heterocycles. The summed E-state index contributed by atoms with van der Waals surface area (Å²) in [6, 6.07) is 10.9. The van der Waals surface area contributed by atoms with Gasteiger partial charge in [-0.15, -0.1) is 0 Å². The number of aliphatic hydroxyl groups is 1. The number of imide groups is 1. The van der Waals surface area contributed by atoms with Crippen molar-refractivity contribution in [1.82, 2.24) is 10.2 Å². The number of carbonyl (C=O) groups excluding carboxylic acids is 2. The van der Waals surface area contributed by atoms with Crippen LogP contribution in [0.1, 0.15) is 34.7 Å². The van der Waals surface area contributed by atoms with Gasteiger partial charge in [-0.1, -0.05) is 42.0 Å². The number of amides is 3. The molecule has 154 valence electrons. The summed E-state index contributed by atoms with van der Waals surface area (Å²) in [4.78, 5) is 26.5. The Kier molecular flexibility index (Phi) is 5.66. The number of urea groups is 1. The molecule has 0 aromatic heterocycles. The number of nitrogens with one attached hydrogen (secondary N) is 1. The topological polar surface area (TPSA) is 78.9 Å². The van der Waals surface area contributed by atoms with E-state index in [1.165, 1.54) is 0 Å². The fourth-order valence-corrected chi connectivity index (χ4v) is 3.54. The van der Waals surface area contributed by atoms with Crippen LogP contribution in [-0.4, -0.2) is 41.2 Å². The minimum absolute atomic E-state index is 0.0105. The number of rotatable bonds is 6. The van der Waals surface area contributed by atoms with E-state index in [9.17, 15) is 14.7 Å². The Labute approximate surface area is 171 Å². The largest absolute Gasteiger partial charge is 0.490 e. The van der Waals surface area contributed by atoms with Crippen molar-refractivity contribution in [3.8, 4) is 5.75 Å². The van der Waals surface area contributed by atoms with Gasteiger partial charge in [-0.25, -0.2) is 4.79 Å². The summed E-state index contributed by atoms with van der Waals surface area (Å²) >= 11 is 0. The van der Waals surface area contributed by atoms with Gasteiger partial charge >= 0.3 is 6.03 Å². The zero-order valence-corrected chi connectivity index (χ0v) is 17.6. The number of hydrogen-bond acceptors (Lipinski definition) is 4. The molecule has 0 aliphatic carbocycles. The fourth-order valence-electron chi connectivity index (χ4n) is 3.54. The maximum Gasteiger partial charge on any atom is 0.325 e. The first-order chi connectivity index (χ1) is 13.6. The van der Waals surface area contributed by atoms with Crippen molar-refractivity contribution in [1.29, 1.82) is 0 Å². The van der Waals surface area contributed by atoms with Gasteiger partial charge in [0, 0.05) is 0 Å². The Bertz CT molecular complexity index is 939. The SMILES string of the molecule is Cc1ccc([C@]2(C)NC(=O)N(C[C@@H](O)COc3c(C)ccc(C)c3C)C2=O)cc1. The van der Waals surface area contributed by atoms with Crippen molar-refractivity contribution in [2.75, 3.05) is 13.2 Å². The van der Waals surface area contributed by atoms with Gasteiger partial charge in [0.25, 0.3) is 5.91 Å². The Morgan fingerprint density at radius 3 is 2.31 bits per heavy atom. The maximum atomic E-state index is 13.0. The van der Waals surface area contributed by atoms with E-state index in [0.29, 0.717) is 5.56 Å². The van der Waals surface area contributed by atoms with Gasteiger partial charge in [0.05, 0.1) is 6.54 Å². The van der Waals surface area contributed by atoms with Gasteiger partial charge in [0.2, 0.25) is 0 Å². The Morgan fingerprint density at radius 1 is 1.03 bits per heavy atom. The second kappa shape index (κ2) is 7.87. The van der Waals surface area contributed by atoms with Gasteiger partial charge in [0.15, 0.2) is 0 Å². The molecule has 1 aliphatic rings. The lowest BCUT2D eigenvalue weighted by Gasteiger charge is -2.23. The van der Waals surface area contributed by atoms with E-state index in [-0.39, 0.29) is 19.1 Å². The standard InChI is InChI=1S/C23H28N2O4/c1-14-6-10-18(11-7-14)23(5)21(27)25(22(28)24-23)12-19(26)13-29-20-16(3)9-8-15(2)17(20)4/h6-11,19,26H,12-13H2,1-5H3,(H,24,28)/t19-,23+/m1/s1. The van der Waals surface area contributed by atoms with Crippen molar-refractivity contribution in [2.24, 2.45) is 0 Å². The normalized spacial score (nSPS) is 20.0. The molecule has 2 atom stereocenters. The minimum atomic E-state index is -1.14. The number of hydrogen-bond donors (Lipinski definition) is 2. The molecule has 2 aromatic carbocycles. The first kappa shape index (κ1) is 20.9. The first-order valence-corrected chi connectivity index (χ1v) is 9.72. The van der Waals surface area contributed by atoms with Gasteiger partial charge < -0.3 is 15.2 Å².